The number of thioether (sulfide) groups is 1. The first-order valence-electron chi connectivity index (χ1n) is 7.04. The lowest BCUT2D eigenvalue weighted by molar-refractivity contribution is -0.136. The first-order chi connectivity index (χ1) is 11.1. The minimum atomic E-state index is -0.516. The molecular formula is C17H13N3O2S. The molecule has 0 N–H and O–H groups in total. The van der Waals surface area contributed by atoms with Gasteiger partial charge < -0.3 is 0 Å². The fourth-order valence-corrected chi connectivity index (χ4v) is 3.48. The number of nitrogens with zero attached hydrogens (tertiary/aromatic N) is 3. The number of rotatable bonds is 3. The predicted molar refractivity (Wildman–Crippen MR) is 86.4 cm³/mol. The fourth-order valence-electron chi connectivity index (χ4n) is 2.33. The third-order valence-electron chi connectivity index (χ3n) is 3.64. The van der Waals surface area contributed by atoms with E-state index in [2.05, 4.69) is 11.1 Å². The molecule has 2 heterocycles. The van der Waals surface area contributed by atoms with Crippen LogP contribution in [-0.4, -0.2) is 34.0 Å². The van der Waals surface area contributed by atoms with Crippen LogP contribution in [0.3, 0.4) is 0 Å². The molecule has 0 aliphatic carbocycles. The zero-order valence-corrected chi connectivity index (χ0v) is 13.2. The van der Waals surface area contributed by atoms with Gasteiger partial charge in [-0.15, -0.1) is 0 Å². The third kappa shape index (κ3) is 2.96. The van der Waals surface area contributed by atoms with Crippen LogP contribution in [-0.2, 0) is 9.59 Å². The summed E-state index contributed by atoms with van der Waals surface area (Å²) >= 11 is 1.18. The molecule has 2 amide bonds. The summed E-state index contributed by atoms with van der Waals surface area (Å²) in [7, 11) is 1.48. The Hall–Kier alpha value is -2.65. The van der Waals surface area contributed by atoms with Gasteiger partial charge in [-0.05, 0) is 12.1 Å². The molecular weight excluding hydrogens is 310 g/mol. The number of nitriles is 1. The molecule has 23 heavy (non-hydrogen) atoms. The van der Waals surface area contributed by atoms with Gasteiger partial charge in [0, 0.05) is 19.0 Å². The standard InChI is InChI=1S/C17H13N3O2S/c1-20-15(21)9-14(17(20)22)23-16-12(10-18)7-8-13(19-16)11-5-3-2-4-6-11/h2-8,14H,9H2,1H3. The van der Waals surface area contributed by atoms with E-state index in [4.69, 9.17) is 0 Å². The fraction of sp³-hybridized carbons (Fsp3) is 0.176. The number of amides is 2. The summed E-state index contributed by atoms with van der Waals surface area (Å²) in [5, 5.41) is 9.22. The van der Waals surface area contributed by atoms with Gasteiger partial charge in [0.1, 0.15) is 11.1 Å². The highest BCUT2D eigenvalue weighted by molar-refractivity contribution is 8.00. The first kappa shape index (κ1) is 15.3. The van der Waals surface area contributed by atoms with Gasteiger partial charge in [0.05, 0.1) is 16.5 Å². The Balaban J connectivity index is 1.94. The molecule has 3 rings (SSSR count). The Kier molecular flexibility index (Phi) is 4.13. The SMILES string of the molecule is CN1C(=O)CC(Sc2nc(-c3ccccc3)ccc2C#N)C1=O. The third-order valence-corrected chi connectivity index (χ3v) is 4.83. The second-order valence-electron chi connectivity index (χ2n) is 5.13. The maximum absolute atomic E-state index is 12.0. The van der Waals surface area contributed by atoms with Crippen LogP contribution < -0.4 is 0 Å². The van der Waals surface area contributed by atoms with Gasteiger partial charge in [-0.2, -0.15) is 5.26 Å². The van der Waals surface area contributed by atoms with Crippen LogP contribution in [0, 0.1) is 11.3 Å². The largest absolute Gasteiger partial charge is 0.285 e. The van der Waals surface area contributed by atoms with E-state index < -0.39 is 5.25 Å². The minimum absolute atomic E-state index is 0.141. The molecule has 1 atom stereocenters. The maximum atomic E-state index is 12.0. The molecule has 5 nitrogen and oxygen atoms in total. The summed E-state index contributed by atoms with van der Waals surface area (Å²) in [6.07, 6.45) is 0.141. The number of carbonyl (C=O) groups is 2. The summed E-state index contributed by atoms with van der Waals surface area (Å²) in [6, 6.07) is 15.2. The summed E-state index contributed by atoms with van der Waals surface area (Å²) in [5.74, 6) is -0.443. The molecule has 0 spiro atoms. The van der Waals surface area contributed by atoms with Crippen molar-refractivity contribution in [3.63, 3.8) is 0 Å². The number of hydrogen-bond acceptors (Lipinski definition) is 5. The van der Waals surface area contributed by atoms with Crippen molar-refractivity contribution in [3.8, 4) is 17.3 Å². The number of likely N-dealkylation sites (tertiary alicyclic amines) is 1. The molecule has 1 saturated heterocycles. The van der Waals surface area contributed by atoms with Gasteiger partial charge in [-0.1, -0.05) is 42.1 Å². The van der Waals surface area contributed by atoms with Crippen molar-refractivity contribution < 1.29 is 9.59 Å². The van der Waals surface area contributed by atoms with Crippen molar-refractivity contribution in [2.24, 2.45) is 0 Å². The van der Waals surface area contributed by atoms with E-state index in [1.165, 1.54) is 18.8 Å². The number of aromatic nitrogens is 1. The number of carbonyl (C=O) groups excluding carboxylic acids is 2. The van der Waals surface area contributed by atoms with Gasteiger partial charge in [-0.3, -0.25) is 14.5 Å². The van der Waals surface area contributed by atoms with Crippen molar-refractivity contribution in [2.75, 3.05) is 7.05 Å². The van der Waals surface area contributed by atoms with Gasteiger partial charge in [0.2, 0.25) is 11.8 Å². The summed E-state index contributed by atoms with van der Waals surface area (Å²) < 4.78 is 0. The topological polar surface area (TPSA) is 74.1 Å². The average molecular weight is 323 g/mol. The lowest BCUT2D eigenvalue weighted by Crippen LogP contribution is -2.26. The van der Waals surface area contributed by atoms with Crippen molar-refractivity contribution in [1.82, 2.24) is 9.88 Å². The van der Waals surface area contributed by atoms with E-state index in [1.54, 1.807) is 12.1 Å². The highest BCUT2D eigenvalue weighted by Gasteiger charge is 2.37. The lowest BCUT2D eigenvalue weighted by atomic mass is 10.1. The molecule has 1 aromatic heterocycles. The molecule has 0 radical (unpaired) electrons. The molecule has 1 aromatic carbocycles. The Morgan fingerprint density at radius 1 is 1.22 bits per heavy atom. The lowest BCUT2D eigenvalue weighted by Gasteiger charge is -2.10. The zero-order valence-electron chi connectivity index (χ0n) is 12.4. The smallest absolute Gasteiger partial charge is 0.242 e. The average Bonchev–Trinajstić information content (AvgIpc) is 2.82. The normalized spacial score (nSPS) is 17.4. The highest BCUT2D eigenvalue weighted by atomic mass is 32.2. The molecule has 1 aliphatic rings. The van der Waals surface area contributed by atoms with Gasteiger partial charge in [-0.25, -0.2) is 4.98 Å². The monoisotopic (exact) mass is 323 g/mol. The van der Waals surface area contributed by atoms with E-state index in [0.29, 0.717) is 10.6 Å². The maximum Gasteiger partial charge on any atom is 0.242 e. The summed E-state index contributed by atoms with van der Waals surface area (Å²) in [4.78, 5) is 29.3. The minimum Gasteiger partial charge on any atom is -0.285 e. The second kappa shape index (κ2) is 6.23. The number of pyridine rings is 1. The van der Waals surface area contributed by atoms with Crippen LogP contribution in [0.2, 0.25) is 0 Å². The van der Waals surface area contributed by atoms with Crippen molar-refractivity contribution in [1.29, 1.82) is 5.26 Å². The van der Waals surface area contributed by atoms with E-state index >= 15 is 0 Å². The zero-order chi connectivity index (χ0) is 16.4. The van der Waals surface area contributed by atoms with Crippen molar-refractivity contribution in [3.05, 3.63) is 48.0 Å². The summed E-state index contributed by atoms with van der Waals surface area (Å²) in [6.45, 7) is 0. The van der Waals surface area contributed by atoms with Crippen molar-refractivity contribution >= 4 is 23.6 Å². The van der Waals surface area contributed by atoms with Crippen LogP contribution in [0.5, 0.6) is 0 Å². The number of benzene rings is 1. The molecule has 1 unspecified atom stereocenters. The van der Waals surface area contributed by atoms with E-state index in [-0.39, 0.29) is 18.2 Å². The molecule has 1 aliphatic heterocycles. The highest BCUT2D eigenvalue weighted by Crippen LogP contribution is 2.33. The van der Waals surface area contributed by atoms with Crippen LogP contribution in [0.15, 0.2) is 47.5 Å². The van der Waals surface area contributed by atoms with Crippen LogP contribution in [0.25, 0.3) is 11.3 Å². The van der Waals surface area contributed by atoms with Crippen molar-refractivity contribution in [2.45, 2.75) is 16.7 Å². The van der Waals surface area contributed by atoms with Crippen LogP contribution in [0.4, 0.5) is 0 Å². The number of hydrogen-bond donors (Lipinski definition) is 0. The molecule has 2 aromatic rings. The van der Waals surface area contributed by atoms with Gasteiger partial charge in [0.15, 0.2) is 0 Å². The van der Waals surface area contributed by atoms with Gasteiger partial charge in [0.25, 0.3) is 0 Å². The molecule has 0 saturated carbocycles. The van der Waals surface area contributed by atoms with E-state index in [9.17, 15) is 14.9 Å². The molecule has 114 valence electrons. The molecule has 0 bridgehead atoms. The Labute approximate surface area is 137 Å². The summed E-state index contributed by atoms with van der Waals surface area (Å²) in [5.41, 5.74) is 2.08. The van der Waals surface area contributed by atoms with Crippen LogP contribution in [0.1, 0.15) is 12.0 Å². The Morgan fingerprint density at radius 3 is 2.57 bits per heavy atom. The molecule has 1 fully saturated rings. The Morgan fingerprint density at radius 2 is 1.96 bits per heavy atom. The van der Waals surface area contributed by atoms with Gasteiger partial charge >= 0.3 is 0 Å². The van der Waals surface area contributed by atoms with E-state index in [0.717, 1.165) is 16.2 Å². The molecule has 6 heteroatoms. The van der Waals surface area contributed by atoms with E-state index in [1.807, 2.05) is 30.3 Å². The Bertz CT molecular complexity index is 814. The van der Waals surface area contributed by atoms with Crippen LogP contribution >= 0.6 is 11.8 Å². The predicted octanol–water partition coefficient (Wildman–Crippen LogP) is 2.47. The first-order valence-corrected chi connectivity index (χ1v) is 7.91. The number of imide groups is 1. The quantitative estimate of drug-likeness (QED) is 0.811. The second-order valence-corrected chi connectivity index (χ2v) is 6.32.